The summed E-state index contributed by atoms with van der Waals surface area (Å²) in [5, 5.41) is 9.45. The second-order valence-corrected chi connectivity index (χ2v) is 7.23. The smallest absolute Gasteiger partial charge is 0.241 e. The van der Waals surface area contributed by atoms with E-state index >= 15 is 0 Å². The van der Waals surface area contributed by atoms with Gasteiger partial charge >= 0.3 is 0 Å². The maximum absolute atomic E-state index is 11.9. The van der Waals surface area contributed by atoms with E-state index in [-0.39, 0.29) is 18.4 Å². The van der Waals surface area contributed by atoms with Gasteiger partial charge in [0, 0.05) is 38.1 Å². The second-order valence-electron chi connectivity index (χ2n) is 6.31. The maximum Gasteiger partial charge on any atom is 0.241 e. The van der Waals surface area contributed by atoms with Crippen molar-refractivity contribution in [1.29, 1.82) is 0 Å². The summed E-state index contributed by atoms with van der Waals surface area (Å²) in [5.74, 6) is 1.65. The van der Waals surface area contributed by atoms with Crippen LogP contribution in [0.2, 0.25) is 0 Å². The highest BCUT2D eigenvalue weighted by Gasteiger charge is 2.10. The van der Waals surface area contributed by atoms with Gasteiger partial charge in [-0.05, 0) is 17.7 Å². The lowest BCUT2D eigenvalue weighted by Gasteiger charge is -2.16. The van der Waals surface area contributed by atoms with E-state index in [0.717, 1.165) is 16.3 Å². The quantitative estimate of drug-likeness (QED) is 0.534. The van der Waals surface area contributed by atoms with Crippen molar-refractivity contribution < 1.29 is 9.53 Å². The molecule has 1 unspecified atom stereocenters. The van der Waals surface area contributed by atoms with Gasteiger partial charge in [0.25, 0.3) is 0 Å². The van der Waals surface area contributed by atoms with Gasteiger partial charge in [0.15, 0.2) is 5.96 Å². The van der Waals surface area contributed by atoms with Crippen molar-refractivity contribution >= 4 is 23.2 Å². The third kappa shape index (κ3) is 6.90. The molecule has 27 heavy (non-hydrogen) atoms. The number of hydrogen-bond acceptors (Lipinski definition) is 5. The minimum Gasteiger partial charge on any atom is -0.497 e. The van der Waals surface area contributed by atoms with Crippen LogP contribution in [-0.2, 0) is 11.3 Å². The molecule has 0 bridgehead atoms. The van der Waals surface area contributed by atoms with E-state index in [2.05, 4.69) is 27.5 Å². The van der Waals surface area contributed by atoms with Crippen molar-refractivity contribution in [2.75, 3.05) is 34.3 Å². The van der Waals surface area contributed by atoms with Crippen LogP contribution in [0, 0.1) is 0 Å². The summed E-state index contributed by atoms with van der Waals surface area (Å²) in [4.78, 5) is 22.4. The lowest BCUT2D eigenvalue weighted by atomic mass is 10.2. The zero-order valence-corrected chi connectivity index (χ0v) is 17.0. The predicted molar refractivity (Wildman–Crippen MR) is 109 cm³/mol. The molecule has 7 nitrogen and oxygen atoms in total. The Bertz CT molecular complexity index is 729. The monoisotopic (exact) mass is 389 g/mol. The third-order valence-electron chi connectivity index (χ3n) is 3.93. The lowest BCUT2D eigenvalue weighted by molar-refractivity contribution is -0.127. The van der Waals surface area contributed by atoms with Crippen molar-refractivity contribution in [3.63, 3.8) is 0 Å². The average Bonchev–Trinajstić information content (AvgIpc) is 3.22. The van der Waals surface area contributed by atoms with Crippen LogP contribution < -0.4 is 15.4 Å². The molecular weight excluding hydrogens is 362 g/mol. The highest BCUT2D eigenvalue weighted by Crippen LogP contribution is 2.16. The normalized spacial score (nSPS) is 12.4. The lowest BCUT2D eigenvalue weighted by Crippen LogP contribution is -2.43. The van der Waals surface area contributed by atoms with Gasteiger partial charge in [-0.25, -0.2) is 9.98 Å². The van der Waals surface area contributed by atoms with Crippen LogP contribution in [-0.4, -0.2) is 56.0 Å². The Morgan fingerprint density at radius 3 is 2.63 bits per heavy atom. The Morgan fingerprint density at radius 1 is 1.30 bits per heavy atom. The average molecular weight is 390 g/mol. The first-order chi connectivity index (χ1) is 13.0. The zero-order valence-electron chi connectivity index (χ0n) is 16.2. The summed E-state index contributed by atoms with van der Waals surface area (Å²) in [5.41, 5.74) is 1.06. The number of thiazole rings is 1. The van der Waals surface area contributed by atoms with E-state index < -0.39 is 0 Å². The Kier molecular flexibility index (Phi) is 8.06. The molecule has 0 aliphatic rings. The van der Waals surface area contributed by atoms with Crippen molar-refractivity contribution in [3.05, 3.63) is 46.4 Å². The van der Waals surface area contributed by atoms with Crippen LogP contribution in [0.3, 0.4) is 0 Å². The van der Waals surface area contributed by atoms with Crippen LogP contribution >= 0.6 is 11.3 Å². The molecule has 2 aromatic rings. The molecule has 0 spiro atoms. The van der Waals surface area contributed by atoms with E-state index in [1.54, 1.807) is 37.4 Å². The molecule has 1 heterocycles. The number of guanidine groups is 1. The van der Waals surface area contributed by atoms with Crippen LogP contribution in [0.4, 0.5) is 0 Å². The maximum atomic E-state index is 11.9. The van der Waals surface area contributed by atoms with Crippen LogP contribution in [0.5, 0.6) is 5.75 Å². The van der Waals surface area contributed by atoms with Crippen LogP contribution in [0.25, 0.3) is 0 Å². The molecular formula is C19H27N5O2S. The summed E-state index contributed by atoms with van der Waals surface area (Å²) in [6, 6.07) is 7.77. The fourth-order valence-corrected chi connectivity index (χ4v) is 2.91. The first-order valence-corrected chi connectivity index (χ1v) is 9.62. The fourth-order valence-electron chi connectivity index (χ4n) is 2.21. The third-order valence-corrected chi connectivity index (χ3v) is 4.94. The van der Waals surface area contributed by atoms with Gasteiger partial charge in [0.1, 0.15) is 5.75 Å². The van der Waals surface area contributed by atoms with Crippen LogP contribution in [0.15, 0.2) is 40.8 Å². The molecule has 0 radical (unpaired) electrons. The molecule has 2 N–H and O–H groups in total. The van der Waals surface area contributed by atoms with Crippen molar-refractivity contribution in [2.24, 2.45) is 4.99 Å². The molecule has 8 heteroatoms. The number of ether oxygens (including phenoxy) is 1. The van der Waals surface area contributed by atoms with Gasteiger partial charge in [-0.2, -0.15) is 0 Å². The van der Waals surface area contributed by atoms with Gasteiger partial charge < -0.3 is 20.3 Å². The van der Waals surface area contributed by atoms with Gasteiger partial charge in [0.2, 0.25) is 5.91 Å². The summed E-state index contributed by atoms with van der Waals surface area (Å²) in [7, 11) is 5.11. The number of benzene rings is 1. The molecule has 146 valence electrons. The zero-order chi connectivity index (χ0) is 19.6. The topological polar surface area (TPSA) is 78.8 Å². The first kappa shape index (κ1) is 20.7. The van der Waals surface area contributed by atoms with Crippen LogP contribution in [0.1, 0.15) is 23.4 Å². The summed E-state index contributed by atoms with van der Waals surface area (Å²) in [6.07, 6.45) is 1.81. The Hall–Kier alpha value is -2.61. The number of hydrogen-bond donors (Lipinski definition) is 2. The SMILES string of the molecule is COc1ccc(CN=C(NCC(=O)N(C)C)NCC(C)c2nccs2)cc1. The number of nitrogens with one attached hydrogen (secondary N) is 2. The number of rotatable bonds is 8. The number of nitrogens with zero attached hydrogens (tertiary/aromatic N) is 3. The molecule has 0 saturated carbocycles. The minimum absolute atomic E-state index is 0.0121. The number of likely N-dealkylation sites (N-methyl/N-ethyl adjacent to an activating group) is 1. The molecule has 2 rings (SSSR count). The van der Waals surface area contributed by atoms with E-state index in [1.807, 2.05) is 35.8 Å². The van der Waals surface area contributed by atoms with E-state index in [9.17, 15) is 4.79 Å². The van der Waals surface area contributed by atoms with Crippen molar-refractivity contribution in [2.45, 2.75) is 19.4 Å². The summed E-state index contributed by atoms with van der Waals surface area (Å²) in [6.45, 7) is 3.48. The van der Waals surface area contributed by atoms with Crippen molar-refractivity contribution in [1.82, 2.24) is 20.5 Å². The summed E-state index contributed by atoms with van der Waals surface area (Å²) >= 11 is 1.63. The Morgan fingerprint density at radius 2 is 2.04 bits per heavy atom. The highest BCUT2D eigenvalue weighted by atomic mass is 32.1. The molecule has 0 aliphatic heterocycles. The first-order valence-electron chi connectivity index (χ1n) is 8.74. The predicted octanol–water partition coefficient (Wildman–Crippen LogP) is 2.08. The molecule has 1 aromatic heterocycles. The van der Waals surface area contributed by atoms with Gasteiger partial charge in [-0.15, -0.1) is 11.3 Å². The van der Waals surface area contributed by atoms with Gasteiger partial charge in [0.05, 0.1) is 25.2 Å². The largest absolute Gasteiger partial charge is 0.497 e. The number of aliphatic imine (C=N–C) groups is 1. The minimum atomic E-state index is -0.0121. The molecule has 1 atom stereocenters. The Labute approximate surface area is 164 Å². The number of amides is 1. The van der Waals surface area contributed by atoms with E-state index in [4.69, 9.17) is 4.74 Å². The van der Waals surface area contributed by atoms with Gasteiger partial charge in [-0.1, -0.05) is 19.1 Å². The number of carbonyl (C=O) groups excluding carboxylic acids is 1. The second kappa shape index (κ2) is 10.5. The van der Waals surface area contributed by atoms with E-state index in [1.165, 1.54) is 0 Å². The van der Waals surface area contributed by atoms with E-state index in [0.29, 0.717) is 19.0 Å². The standard InChI is InChI=1S/C19H27N5O2S/c1-14(18-20-9-10-27-18)11-21-19(23-13-17(25)24(2)3)22-12-15-5-7-16(26-4)8-6-15/h5-10,14H,11-13H2,1-4H3,(H2,21,22,23). The van der Waals surface area contributed by atoms with Gasteiger partial charge in [-0.3, -0.25) is 4.79 Å². The number of carbonyl (C=O) groups is 1. The highest BCUT2D eigenvalue weighted by molar-refractivity contribution is 7.09. The number of methoxy groups -OCH3 is 1. The van der Waals surface area contributed by atoms with Crippen molar-refractivity contribution in [3.8, 4) is 5.75 Å². The number of aromatic nitrogens is 1. The molecule has 1 amide bonds. The molecule has 0 fully saturated rings. The molecule has 1 aromatic carbocycles. The molecule has 0 saturated heterocycles. The fraction of sp³-hybridized carbons (Fsp3) is 0.421. The summed E-state index contributed by atoms with van der Waals surface area (Å²) < 4.78 is 5.17. The Balaban J connectivity index is 1.99. The molecule has 0 aliphatic carbocycles.